The molecule has 4 rings (SSSR count). The summed E-state index contributed by atoms with van der Waals surface area (Å²) in [5.41, 5.74) is 6.24. The fourth-order valence-corrected chi connectivity index (χ4v) is 3.68. The number of anilines is 2. The predicted molar refractivity (Wildman–Crippen MR) is 102 cm³/mol. The lowest BCUT2D eigenvalue weighted by atomic mass is 10.0. The van der Waals surface area contributed by atoms with E-state index in [1.807, 2.05) is 0 Å². The highest BCUT2D eigenvalue weighted by Crippen LogP contribution is 2.28. The van der Waals surface area contributed by atoms with Gasteiger partial charge < -0.3 is 10.2 Å². The van der Waals surface area contributed by atoms with Crippen molar-refractivity contribution in [3.05, 3.63) is 59.2 Å². The van der Waals surface area contributed by atoms with E-state index in [-0.39, 0.29) is 5.91 Å². The van der Waals surface area contributed by atoms with E-state index < -0.39 is 0 Å². The number of benzene rings is 2. The van der Waals surface area contributed by atoms with Crippen molar-refractivity contribution in [1.29, 1.82) is 0 Å². The Bertz CT molecular complexity index is 761. The topological polar surface area (TPSA) is 35.6 Å². The van der Waals surface area contributed by atoms with Crippen LogP contribution in [0.25, 0.3) is 0 Å². The number of nitrogens with zero attached hydrogens (tertiary/aromatic N) is 2. The molecule has 0 aromatic heterocycles. The Morgan fingerprint density at radius 2 is 1.72 bits per heavy atom. The number of amides is 1. The first-order valence-corrected chi connectivity index (χ1v) is 9.13. The van der Waals surface area contributed by atoms with Gasteiger partial charge in [-0.1, -0.05) is 29.8 Å². The average Bonchev–Trinajstić information content (AvgIpc) is 2.64. The summed E-state index contributed by atoms with van der Waals surface area (Å²) in [5.74, 6) is 0.130. The standard InChI is InChI=1S/C21H25N3O/c1-16-2-4-17(5-3-16)15-23-10-12-24(13-11-23)19-7-8-20-18(14-19)6-9-21(25)22-20/h2-5,7-8,14H,6,9-13,15H2,1H3,(H,22,25). The second-order valence-electron chi connectivity index (χ2n) is 7.14. The summed E-state index contributed by atoms with van der Waals surface area (Å²) in [6.45, 7) is 7.44. The third-order valence-electron chi connectivity index (χ3n) is 5.25. The monoisotopic (exact) mass is 335 g/mol. The molecule has 4 heteroatoms. The number of rotatable bonds is 3. The van der Waals surface area contributed by atoms with Crippen LogP contribution in [0.3, 0.4) is 0 Å². The molecule has 2 aromatic carbocycles. The number of hydrogen-bond donors (Lipinski definition) is 1. The van der Waals surface area contributed by atoms with Crippen molar-refractivity contribution >= 4 is 17.3 Å². The number of aryl methyl sites for hydroxylation is 2. The zero-order valence-corrected chi connectivity index (χ0v) is 14.8. The summed E-state index contributed by atoms with van der Waals surface area (Å²) in [4.78, 5) is 16.5. The van der Waals surface area contributed by atoms with Crippen molar-refractivity contribution in [1.82, 2.24) is 4.90 Å². The molecule has 0 radical (unpaired) electrons. The van der Waals surface area contributed by atoms with Gasteiger partial charge in [0.1, 0.15) is 0 Å². The number of nitrogens with one attached hydrogen (secondary N) is 1. The minimum absolute atomic E-state index is 0.130. The maximum atomic E-state index is 11.5. The van der Waals surface area contributed by atoms with E-state index in [1.54, 1.807) is 0 Å². The minimum atomic E-state index is 0.130. The van der Waals surface area contributed by atoms with Crippen LogP contribution < -0.4 is 10.2 Å². The first kappa shape index (κ1) is 16.2. The van der Waals surface area contributed by atoms with Gasteiger partial charge in [-0.25, -0.2) is 0 Å². The molecule has 2 aliphatic heterocycles. The van der Waals surface area contributed by atoms with Crippen LogP contribution in [0.1, 0.15) is 23.1 Å². The van der Waals surface area contributed by atoms with Crippen LogP contribution in [0.4, 0.5) is 11.4 Å². The Morgan fingerprint density at radius 3 is 2.48 bits per heavy atom. The summed E-state index contributed by atoms with van der Waals surface area (Å²) >= 11 is 0. The van der Waals surface area contributed by atoms with Crippen LogP contribution in [0, 0.1) is 6.92 Å². The van der Waals surface area contributed by atoms with E-state index in [0.29, 0.717) is 6.42 Å². The SMILES string of the molecule is Cc1ccc(CN2CCN(c3ccc4c(c3)CCC(=O)N4)CC2)cc1. The smallest absolute Gasteiger partial charge is 0.224 e. The van der Waals surface area contributed by atoms with Gasteiger partial charge in [-0.2, -0.15) is 0 Å². The normalized spacial score (nSPS) is 18.0. The molecule has 0 bridgehead atoms. The Kier molecular flexibility index (Phi) is 4.45. The highest BCUT2D eigenvalue weighted by Gasteiger charge is 2.20. The molecule has 0 spiro atoms. The van der Waals surface area contributed by atoms with Gasteiger partial charge in [0, 0.05) is 50.5 Å². The Hall–Kier alpha value is -2.33. The molecular weight excluding hydrogens is 310 g/mol. The van der Waals surface area contributed by atoms with E-state index in [9.17, 15) is 4.79 Å². The van der Waals surface area contributed by atoms with E-state index in [4.69, 9.17) is 0 Å². The van der Waals surface area contributed by atoms with Crippen molar-refractivity contribution in [2.24, 2.45) is 0 Å². The maximum absolute atomic E-state index is 11.5. The van der Waals surface area contributed by atoms with Crippen molar-refractivity contribution in [2.75, 3.05) is 36.4 Å². The minimum Gasteiger partial charge on any atom is -0.369 e. The van der Waals surface area contributed by atoms with E-state index in [2.05, 4.69) is 64.5 Å². The Balaban J connectivity index is 1.37. The van der Waals surface area contributed by atoms with E-state index in [1.165, 1.54) is 22.4 Å². The largest absolute Gasteiger partial charge is 0.369 e. The van der Waals surface area contributed by atoms with E-state index in [0.717, 1.165) is 44.8 Å². The summed E-state index contributed by atoms with van der Waals surface area (Å²) in [6.07, 6.45) is 1.45. The van der Waals surface area contributed by atoms with Crippen LogP contribution >= 0.6 is 0 Å². The zero-order chi connectivity index (χ0) is 17.2. The lowest BCUT2D eigenvalue weighted by Gasteiger charge is -2.36. The first-order valence-electron chi connectivity index (χ1n) is 9.13. The summed E-state index contributed by atoms with van der Waals surface area (Å²) in [6, 6.07) is 15.3. The second kappa shape index (κ2) is 6.89. The van der Waals surface area contributed by atoms with Gasteiger partial charge in [0.2, 0.25) is 5.91 Å². The van der Waals surface area contributed by atoms with Crippen LogP contribution in [-0.4, -0.2) is 37.0 Å². The number of carbonyl (C=O) groups is 1. The molecule has 0 aliphatic carbocycles. The third-order valence-corrected chi connectivity index (χ3v) is 5.25. The van der Waals surface area contributed by atoms with Gasteiger partial charge in [0.05, 0.1) is 0 Å². The number of hydrogen-bond acceptors (Lipinski definition) is 3. The quantitative estimate of drug-likeness (QED) is 0.936. The highest BCUT2D eigenvalue weighted by atomic mass is 16.1. The lowest BCUT2D eigenvalue weighted by molar-refractivity contribution is -0.116. The number of carbonyl (C=O) groups excluding carboxylic acids is 1. The van der Waals surface area contributed by atoms with Crippen LogP contribution in [0.15, 0.2) is 42.5 Å². The molecule has 1 fully saturated rings. The van der Waals surface area contributed by atoms with Crippen LogP contribution in [0.2, 0.25) is 0 Å². The molecule has 2 aromatic rings. The van der Waals surface area contributed by atoms with Crippen LogP contribution in [0.5, 0.6) is 0 Å². The molecule has 0 atom stereocenters. The average molecular weight is 335 g/mol. The lowest BCUT2D eigenvalue weighted by Crippen LogP contribution is -2.46. The molecule has 1 N–H and O–H groups in total. The van der Waals surface area contributed by atoms with Gasteiger partial charge in [-0.3, -0.25) is 9.69 Å². The summed E-state index contributed by atoms with van der Waals surface area (Å²) in [7, 11) is 0. The molecule has 2 heterocycles. The van der Waals surface area contributed by atoms with Crippen molar-refractivity contribution in [3.63, 3.8) is 0 Å². The summed E-state index contributed by atoms with van der Waals surface area (Å²) in [5, 5.41) is 2.96. The highest BCUT2D eigenvalue weighted by molar-refractivity contribution is 5.94. The molecule has 4 nitrogen and oxygen atoms in total. The molecule has 0 unspecified atom stereocenters. The maximum Gasteiger partial charge on any atom is 0.224 e. The van der Waals surface area contributed by atoms with Crippen LogP contribution in [-0.2, 0) is 17.8 Å². The molecule has 2 aliphatic rings. The fourth-order valence-electron chi connectivity index (χ4n) is 3.68. The van der Waals surface area contributed by atoms with Gasteiger partial charge in [-0.15, -0.1) is 0 Å². The van der Waals surface area contributed by atoms with Gasteiger partial charge in [0.25, 0.3) is 0 Å². The second-order valence-corrected chi connectivity index (χ2v) is 7.14. The molecular formula is C21H25N3O. The Morgan fingerprint density at radius 1 is 0.960 bits per heavy atom. The van der Waals surface area contributed by atoms with Crippen molar-refractivity contribution in [3.8, 4) is 0 Å². The van der Waals surface area contributed by atoms with Gasteiger partial charge in [-0.05, 0) is 42.7 Å². The Labute approximate surface area is 149 Å². The summed E-state index contributed by atoms with van der Waals surface area (Å²) < 4.78 is 0. The zero-order valence-electron chi connectivity index (χ0n) is 14.8. The molecule has 1 amide bonds. The van der Waals surface area contributed by atoms with Crippen molar-refractivity contribution in [2.45, 2.75) is 26.3 Å². The predicted octanol–water partition coefficient (Wildman–Crippen LogP) is 3.20. The van der Waals surface area contributed by atoms with Gasteiger partial charge >= 0.3 is 0 Å². The molecule has 25 heavy (non-hydrogen) atoms. The fraction of sp³-hybridized carbons (Fsp3) is 0.381. The number of fused-ring (bicyclic) bond motifs is 1. The molecule has 1 saturated heterocycles. The third kappa shape index (κ3) is 3.69. The van der Waals surface area contributed by atoms with Gasteiger partial charge in [0.15, 0.2) is 0 Å². The molecule has 130 valence electrons. The number of piperazine rings is 1. The van der Waals surface area contributed by atoms with E-state index >= 15 is 0 Å². The first-order chi connectivity index (χ1) is 12.2. The molecule has 0 saturated carbocycles. The van der Waals surface area contributed by atoms with Crippen molar-refractivity contribution < 1.29 is 4.79 Å².